The highest BCUT2D eigenvalue weighted by molar-refractivity contribution is 7.90. The van der Waals surface area contributed by atoms with Crippen molar-refractivity contribution < 1.29 is 8.42 Å². The van der Waals surface area contributed by atoms with Crippen molar-refractivity contribution in [2.24, 2.45) is 5.73 Å². The van der Waals surface area contributed by atoms with Crippen LogP contribution in [0.2, 0.25) is 0 Å². The molecule has 15 heavy (non-hydrogen) atoms. The van der Waals surface area contributed by atoms with E-state index in [0.717, 1.165) is 11.1 Å². The lowest BCUT2D eigenvalue weighted by atomic mass is 10.2. The Balaban J connectivity index is 2.78. The second-order valence-corrected chi connectivity index (χ2v) is 6.13. The van der Waals surface area contributed by atoms with Crippen LogP contribution < -0.4 is 5.73 Å². The first-order chi connectivity index (χ1) is 6.89. The van der Waals surface area contributed by atoms with Crippen molar-refractivity contribution in [3.05, 3.63) is 35.4 Å². The smallest absolute Gasteiger partial charge is 0.155 e. The minimum Gasteiger partial charge on any atom is -0.327 e. The van der Waals surface area contributed by atoms with Crippen LogP contribution >= 0.6 is 0 Å². The Hall–Kier alpha value is -0.870. The Labute approximate surface area is 91.2 Å². The molecule has 0 aliphatic carbocycles. The quantitative estimate of drug-likeness (QED) is 0.842. The maximum atomic E-state index is 11.6. The van der Waals surface area contributed by atoms with Crippen LogP contribution in [-0.4, -0.2) is 20.2 Å². The molecule has 84 valence electrons. The molecule has 0 fully saturated rings. The average Bonchev–Trinajstić information content (AvgIpc) is 1.99. The molecule has 1 aromatic rings. The van der Waals surface area contributed by atoms with E-state index < -0.39 is 9.84 Å². The molecule has 3 nitrogen and oxygen atoms in total. The average molecular weight is 227 g/mol. The van der Waals surface area contributed by atoms with Gasteiger partial charge in [0.05, 0.1) is 11.5 Å². The highest BCUT2D eigenvalue weighted by Crippen LogP contribution is 2.09. The van der Waals surface area contributed by atoms with Crippen LogP contribution in [0.25, 0.3) is 0 Å². The summed E-state index contributed by atoms with van der Waals surface area (Å²) in [5.41, 5.74) is 7.38. The Morgan fingerprint density at radius 3 is 2.60 bits per heavy atom. The van der Waals surface area contributed by atoms with Crippen molar-refractivity contribution in [3.63, 3.8) is 0 Å². The van der Waals surface area contributed by atoms with E-state index >= 15 is 0 Å². The fraction of sp³-hybridized carbons (Fsp3) is 0.455. The zero-order valence-corrected chi connectivity index (χ0v) is 9.92. The van der Waals surface area contributed by atoms with Gasteiger partial charge in [0.25, 0.3) is 0 Å². The molecule has 0 saturated carbocycles. The van der Waals surface area contributed by atoms with Gasteiger partial charge in [-0.3, -0.25) is 0 Å². The number of benzene rings is 1. The molecular formula is C11H17NO2S. The lowest BCUT2D eigenvalue weighted by Gasteiger charge is -2.07. The van der Waals surface area contributed by atoms with Crippen molar-refractivity contribution in [2.45, 2.75) is 25.6 Å². The van der Waals surface area contributed by atoms with Gasteiger partial charge < -0.3 is 5.73 Å². The first-order valence-electron chi connectivity index (χ1n) is 4.90. The van der Waals surface area contributed by atoms with Crippen LogP contribution in [0.4, 0.5) is 0 Å². The summed E-state index contributed by atoms with van der Waals surface area (Å²) < 4.78 is 23.3. The molecule has 1 rings (SSSR count). The highest BCUT2D eigenvalue weighted by Gasteiger charge is 2.14. The van der Waals surface area contributed by atoms with E-state index in [4.69, 9.17) is 5.73 Å². The zero-order valence-electron chi connectivity index (χ0n) is 9.10. The monoisotopic (exact) mass is 227 g/mol. The summed E-state index contributed by atoms with van der Waals surface area (Å²) >= 11 is 0. The molecule has 4 heteroatoms. The summed E-state index contributed by atoms with van der Waals surface area (Å²) in [6, 6.07) is 7.22. The Morgan fingerprint density at radius 1 is 1.40 bits per heavy atom. The van der Waals surface area contributed by atoms with Gasteiger partial charge in [0.2, 0.25) is 0 Å². The number of hydrogen-bond acceptors (Lipinski definition) is 3. The van der Waals surface area contributed by atoms with Crippen LogP contribution in [0.5, 0.6) is 0 Å². The van der Waals surface area contributed by atoms with Crippen LogP contribution in [-0.2, 0) is 15.6 Å². The molecule has 0 amide bonds. The predicted octanol–water partition coefficient (Wildman–Crippen LogP) is 1.26. The minimum absolute atomic E-state index is 0.0426. The lowest BCUT2D eigenvalue weighted by molar-refractivity contribution is 0.589. The van der Waals surface area contributed by atoms with Crippen LogP contribution in [0.1, 0.15) is 18.1 Å². The molecule has 0 aliphatic heterocycles. The summed E-state index contributed by atoms with van der Waals surface area (Å²) in [6.07, 6.45) is 0. The van der Waals surface area contributed by atoms with Gasteiger partial charge in [0, 0.05) is 6.04 Å². The molecule has 0 spiro atoms. The van der Waals surface area contributed by atoms with Crippen LogP contribution in [0, 0.1) is 6.92 Å². The molecule has 0 aromatic heterocycles. The van der Waals surface area contributed by atoms with Crippen molar-refractivity contribution in [1.82, 2.24) is 0 Å². The number of hydrogen-bond donors (Lipinski definition) is 1. The molecule has 1 unspecified atom stereocenters. The minimum atomic E-state index is -3.08. The normalized spacial score (nSPS) is 13.8. The standard InChI is InChI=1S/C11H17NO2S/c1-9-4-3-5-11(6-9)8-15(13,14)7-10(2)12/h3-6,10H,7-8,12H2,1-2H3. The number of rotatable bonds is 4. The Bertz CT molecular complexity index is 424. The van der Waals surface area contributed by atoms with Crippen molar-refractivity contribution >= 4 is 9.84 Å². The van der Waals surface area contributed by atoms with Gasteiger partial charge in [-0.2, -0.15) is 0 Å². The van der Waals surface area contributed by atoms with Crippen molar-refractivity contribution in [1.29, 1.82) is 0 Å². The molecule has 2 N–H and O–H groups in total. The van der Waals surface area contributed by atoms with Gasteiger partial charge in [0.1, 0.15) is 0 Å². The summed E-state index contributed by atoms with van der Waals surface area (Å²) in [5.74, 6) is 0.122. The molecule has 0 aliphatic rings. The third kappa shape index (κ3) is 4.44. The van der Waals surface area contributed by atoms with Gasteiger partial charge in [-0.05, 0) is 19.4 Å². The first kappa shape index (κ1) is 12.2. The summed E-state index contributed by atoms with van der Waals surface area (Å²) in [7, 11) is -3.08. The fourth-order valence-corrected chi connectivity index (χ4v) is 3.12. The van der Waals surface area contributed by atoms with Crippen molar-refractivity contribution in [3.8, 4) is 0 Å². The molecule has 1 atom stereocenters. The maximum Gasteiger partial charge on any atom is 0.155 e. The van der Waals surface area contributed by atoms with Gasteiger partial charge in [-0.1, -0.05) is 29.8 Å². The number of aryl methyl sites for hydroxylation is 1. The second kappa shape index (κ2) is 4.77. The summed E-state index contributed by atoms with van der Waals surface area (Å²) in [6.45, 7) is 3.65. The molecule has 0 heterocycles. The van der Waals surface area contributed by atoms with E-state index in [9.17, 15) is 8.42 Å². The third-order valence-electron chi connectivity index (χ3n) is 1.99. The van der Waals surface area contributed by atoms with Gasteiger partial charge in [-0.15, -0.1) is 0 Å². The topological polar surface area (TPSA) is 60.2 Å². The van der Waals surface area contributed by atoms with E-state index in [0.29, 0.717) is 0 Å². The van der Waals surface area contributed by atoms with Gasteiger partial charge in [-0.25, -0.2) is 8.42 Å². The Morgan fingerprint density at radius 2 is 2.07 bits per heavy atom. The highest BCUT2D eigenvalue weighted by atomic mass is 32.2. The Kier molecular flexibility index (Phi) is 3.88. The van der Waals surface area contributed by atoms with Crippen molar-refractivity contribution in [2.75, 3.05) is 5.75 Å². The zero-order chi connectivity index (χ0) is 11.5. The molecule has 0 radical (unpaired) electrons. The van der Waals surface area contributed by atoms with Crippen LogP contribution in [0.3, 0.4) is 0 Å². The third-order valence-corrected chi connectivity index (χ3v) is 3.79. The number of nitrogens with two attached hydrogens (primary N) is 1. The molecular weight excluding hydrogens is 210 g/mol. The lowest BCUT2D eigenvalue weighted by Crippen LogP contribution is -2.27. The number of sulfone groups is 1. The van der Waals surface area contributed by atoms with E-state index in [1.807, 2.05) is 31.2 Å². The van der Waals surface area contributed by atoms with Crippen LogP contribution in [0.15, 0.2) is 24.3 Å². The fourth-order valence-electron chi connectivity index (χ4n) is 1.52. The molecule has 0 saturated heterocycles. The maximum absolute atomic E-state index is 11.6. The van der Waals surface area contributed by atoms with Gasteiger partial charge >= 0.3 is 0 Å². The van der Waals surface area contributed by atoms with E-state index in [-0.39, 0.29) is 17.5 Å². The second-order valence-electron chi connectivity index (χ2n) is 4.02. The van der Waals surface area contributed by atoms with Gasteiger partial charge in [0.15, 0.2) is 9.84 Å². The predicted molar refractivity (Wildman–Crippen MR) is 62.3 cm³/mol. The molecule has 1 aromatic carbocycles. The largest absolute Gasteiger partial charge is 0.327 e. The van der Waals surface area contributed by atoms with E-state index in [1.54, 1.807) is 6.92 Å². The first-order valence-corrected chi connectivity index (χ1v) is 6.73. The molecule has 0 bridgehead atoms. The SMILES string of the molecule is Cc1cccc(CS(=O)(=O)CC(C)N)c1. The summed E-state index contributed by atoms with van der Waals surface area (Å²) in [5, 5.41) is 0. The van der Waals surface area contributed by atoms with E-state index in [2.05, 4.69) is 0 Å². The summed E-state index contributed by atoms with van der Waals surface area (Å²) in [4.78, 5) is 0. The van der Waals surface area contributed by atoms with E-state index in [1.165, 1.54) is 0 Å².